The van der Waals surface area contributed by atoms with E-state index in [4.69, 9.17) is 15.2 Å². The Morgan fingerprint density at radius 1 is 0.950 bits per heavy atom. The highest BCUT2D eigenvalue weighted by Gasteiger charge is 2.00. The second kappa shape index (κ2) is 6.80. The highest BCUT2D eigenvalue weighted by molar-refractivity contribution is 5.41. The van der Waals surface area contributed by atoms with Gasteiger partial charge in [0.25, 0.3) is 0 Å². The van der Waals surface area contributed by atoms with Crippen molar-refractivity contribution < 1.29 is 13.9 Å². The topological polar surface area (TPSA) is 44.5 Å². The molecule has 0 atom stereocenters. The molecule has 0 aliphatic heterocycles. The fourth-order valence-electron chi connectivity index (χ4n) is 1.71. The van der Waals surface area contributed by atoms with Gasteiger partial charge in [-0.2, -0.15) is 0 Å². The number of aryl methyl sites for hydroxylation is 1. The van der Waals surface area contributed by atoms with E-state index in [0.717, 1.165) is 12.2 Å². The second-order valence-electron chi connectivity index (χ2n) is 4.53. The maximum atomic E-state index is 13.1. The van der Waals surface area contributed by atoms with Gasteiger partial charge in [-0.1, -0.05) is 0 Å². The molecule has 0 heterocycles. The van der Waals surface area contributed by atoms with Gasteiger partial charge in [0.05, 0.1) is 13.2 Å². The molecule has 0 fully saturated rings. The number of hydrogen-bond donors (Lipinski definition) is 1. The maximum Gasteiger partial charge on any atom is 0.126 e. The lowest BCUT2D eigenvalue weighted by Crippen LogP contribution is -2.05. The zero-order chi connectivity index (χ0) is 14.4. The van der Waals surface area contributed by atoms with Crippen LogP contribution in [0.3, 0.4) is 0 Å². The molecule has 0 saturated heterocycles. The van der Waals surface area contributed by atoms with E-state index in [1.165, 1.54) is 6.07 Å². The van der Waals surface area contributed by atoms with Crippen LogP contribution in [0.15, 0.2) is 42.5 Å². The van der Waals surface area contributed by atoms with E-state index in [0.29, 0.717) is 30.2 Å². The Morgan fingerprint density at radius 2 is 1.55 bits per heavy atom. The van der Waals surface area contributed by atoms with Crippen molar-refractivity contribution in [3.05, 3.63) is 53.8 Å². The van der Waals surface area contributed by atoms with Gasteiger partial charge in [-0.25, -0.2) is 4.39 Å². The molecule has 0 radical (unpaired) electrons. The number of benzene rings is 2. The van der Waals surface area contributed by atoms with Gasteiger partial charge in [0.1, 0.15) is 17.3 Å². The highest BCUT2D eigenvalue weighted by Crippen LogP contribution is 2.16. The normalized spacial score (nSPS) is 10.3. The Hall–Kier alpha value is -2.23. The van der Waals surface area contributed by atoms with Crippen LogP contribution in [0, 0.1) is 12.7 Å². The number of anilines is 1. The van der Waals surface area contributed by atoms with Crippen molar-refractivity contribution >= 4 is 5.69 Å². The van der Waals surface area contributed by atoms with E-state index in [2.05, 4.69) is 0 Å². The van der Waals surface area contributed by atoms with Gasteiger partial charge in [-0.15, -0.1) is 0 Å². The predicted molar refractivity (Wildman–Crippen MR) is 77.6 cm³/mol. The zero-order valence-corrected chi connectivity index (χ0v) is 11.4. The molecule has 2 aromatic carbocycles. The summed E-state index contributed by atoms with van der Waals surface area (Å²) in [5.41, 5.74) is 6.89. The van der Waals surface area contributed by atoms with Crippen molar-refractivity contribution in [2.75, 3.05) is 18.9 Å². The minimum Gasteiger partial charge on any atom is -0.493 e. The molecule has 0 spiro atoms. The molecule has 0 saturated carbocycles. The summed E-state index contributed by atoms with van der Waals surface area (Å²) in [5, 5.41) is 0. The fraction of sp³-hybridized carbons (Fsp3) is 0.250. The Morgan fingerprint density at radius 3 is 2.20 bits per heavy atom. The molecule has 4 heteroatoms. The van der Waals surface area contributed by atoms with Crippen LogP contribution in [-0.2, 0) is 0 Å². The first-order chi connectivity index (χ1) is 9.65. The van der Waals surface area contributed by atoms with E-state index in [-0.39, 0.29) is 5.82 Å². The van der Waals surface area contributed by atoms with Crippen LogP contribution in [0.25, 0.3) is 0 Å². The molecule has 3 nitrogen and oxygen atoms in total. The first-order valence-corrected chi connectivity index (χ1v) is 6.52. The molecule has 2 rings (SSSR count). The number of hydrogen-bond acceptors (Lipinski definition) is 3. The van der Waals surface area contributed by atoms with Gasteiger partial charge in [-0.3, -0.25) is 0 Å². The lowest BCUT2D eigenvalue weighted by Gasteiger charge is -2.09. The number of rotatable bonds is 6. The van der Waals surface area contributed by atoms with E-state index >= 15 is 0 Å². The minimum atomic E-state index is -0.218. The lowest BCUT2D eigenvalue weighted by atomic mass is 10.2. The van der Waals surface area contributed by atoms with Gasteiger partial charge in [-0.05, 0) is 55.0 Å². The lowest BCUT2D eigenvalue weighted by molar-refractivity contribution is 0.247. The molecule has 0 aliphatic rings. The molecule has 2 aromatic rings. The van der Waals surface area contributed by atoms with Gasteiger partial charge in [0, 0.05) is 12.1 Å². The summed E-state index contributed by atoms with van der Waals surface area (Å²) in [7, 11) is 0. The summed E-state index contributed by atoms with van der Waals surface area (Å²) >= 11 is 0. The van der Waals surface area contributed by atoms with Crippen LogP contribution in [-0.4, -0.2) is 13.2 Å². The van der Waals surface area contributed by atoms with Crippen LogP contribution < -0.4 is 15.2 Å². The third-order valence-electron chi connectivity index (χ3n) is 2.84. The standard InChI is InChI=1S/C16H18FNO2/c1-12-11-15(7-8-16(12)17)20-10-2-9-19-14-5-3-13(18)4-6-14/h3-8,11H,2,9-10,18H2,1H3. The Labute approximate surface area is 118 Å². The predicted octanol–water partition coefficient (Wildman–Crippen LogP) is 3.56. The molecule has 106 valence electrons. The first-order valence-electron chi connectivity index (χ1n) is 6.52. The molecule has 0 unspecified atom stereocenters. The van der Waals surface area contributed by atoms with Crippen molar-refractivity contribution in [2.24, 2.45) is 0 Å². The Kier molecular flexibility index (Phi) is 4.82. The molecular weight excluding hydrogens is 257 g/mol. The molecule has 2 N–H and O–H groups in total. The highest BCUT2D eigenvalue weighted by atomic mass is 19.1. The zero-order valence-electron chi connectivity index (χ0n) is 11.4. The summed E-state index contributed by atoms with van der Waals surface area (Å²) in [6.07, 6.45) is 0.751. The second-order valence-corrected chi connectivity index (χ2v) is 4.53. The SMILES string of the molecule is Cc1cc(OCCCOc2ccc(N)cc2)ccc1F. The van der Waals surface area contributed by atoms with Crippen molar-refractivity contribution in [1.29, 1.82) is 0 Å². The Balaban J connectivity index is 1.68. The number of nitrogen functional groups attached to an aromatic ring is 1. The fourth-order valence-corrected chi connectivity index (χ4v) is 1.71. The number of halogens is 1. The van der Waals surface area contributed by atoms with Gasteiger partial charge in [0.2, 0.25) is 0 Å². The molecule has 0 aromatic heterocycles. The largest absolute Gasteiger partial charge is 0.493 e. The quantitative estimate of drug-likeness (QED) is 0.647. The molecule has 0 bridgehead atoms. The smallest absolute Gasteiger partial charge is 0.126 e. The molecule has 0 amide bonds. The summed E-state index contributed by atoms with van der Waals surface area (Å²) in [5.74, 6) is 1.25. The summed E-state index contributed by atoms with van der Waals surface area (Å²) < 4.78 is 24.2. The first kappa shape index (κ1) is 14.2. The maximum absolute atomic E-state index is 13.1. The minimum absolute atomic E-state index is 0.218. The van der Waals surface area contributed by atoms with Gasteiger partial charge >= 0.3 is 0 Å². The number of ether oxygens (including phenoxy) is 2. The van der Waals surface area contributed by atoms with Crippen LogP contribution in [0.2, 0.25) is 0 Å². The molecule has 20 heavy (non-hydrogen) atoms. The van der Waals surface area contributed by atoms with Crippen LogP contribution in [0.4, 0.5) is 10.1 Å². The van der Waals surface area contributed by atoms with Gasteiger partial charge < -0.3 is 15.2 Å². The molecular formula is C16H18FNO2. The average molecular weight is 275 g/mol. The van der Waals surface area contributed by atoms with Crippen molar-refractivity contribution in [2.45, 2.75) is 13.3 Å². The van der Waals surface area contributed by atoms with Crippen LogP contribution in [0.1, 0.15) is 12.0 Å². The van der Waals surface area contributed by atoms with Gasteiger partial charge in [0.15, 0.2) is 0 Å². The van der Waals surface area contributed by atoms with Crippen molar-refractivity contribution in [1.82, 2.24) is 0 Å². The van der Waals surface area contributed by atoms with Crippen molar-refractivity contribution in [3.8, 4) is 11.5 Å². The van der Waals surface area contributed by atoms with E-state index in [1.54, 1.807) is 31.2 Å². The summed E-state index contributed by atoms with van der Waals surface area (Å²) in [4.78, 5) is 0. The molecule has 0 aliphatic carbocycles. The van der Waals surface area contributed by atoms with Crippen LogP contribution >= 0.6 is 0 Å². The van der Waals surface area contributed by atoms with Crippen molar-refractivity contribution in [3.63, 3.8) is 0 Å². The average Bonchev–Trinajstić information content (AvgIpc) is 2.44. The van der Waals surface area contributed by atoms with E-state index < -0.39 is 0 Å². The Bertz CT molecular complexity index is 555. The summed E-state index contributed by atoms with van der Waals surface area (Å²) in [6.45, 7) is 2.80. The summed E-state index contributed by atoms with van der Waals surface area (Å²) in [6, 6.07) is 12.0. The third kappa shape index (κ3) is 4.16. The van der Waals surface area contributed by atoms with Crippen LogP contribution in [0.5, 0.6) is 11.5 Å². The monoisotopic (exact) mass is 275 g/mol. The third-order valence-corrected chi connectivity index (χ3v) is 2.84. The number of nitrogens with two attached hydrogens (primary N) is 1. The van der Waals surface area contributed by atoms with E-state index in [1.807, 2.05) is 12.1 Å². The van der Waals surface area contributed by atoms with E-state index in [9.17, 15) is 4.39 Å².